The van der Waals surface area contributed by atoms with Crippen LogP contribution in [0.4, 0.5) is 0 Å². The van der Waals surface area contributed by atoms with E-state index in [0.29, 0.717) is 17.9 Å². The number of hydrogen-bond acceptors (Lipinski definition) is 1. The highest BCUT2D eigenvalue weighted by atomic mass is 16.3. The van der Waals surface area contributed by atoms with Gasteiger partial charge in [0.05, 0.1) is 0 Å². The highest BCUT2D eigenvalue weighted by Gasteiger charge is 2.53. The standard InChI is InChI=1S/C14H22O/c1-2-13(9-15)14-6-10-3-11(7-14)5-12(4-10)8-14/h2,10-13,15H,1,3-9H2/t10?,11?,12?,13-,14?/m1/s1. The minimum Gasteiger partial charge on any atom is -0.396 e. The molecule has 4 aliphatic rings. The molecule has 1 nitrogen and oxygen atoms in total. The van der Waals surface area contributed by atoms with E-state index in [-0.39, 0.29) is 0 Å². The number of hydrogen-bond donors (Lipinski definition) is 1. The zero-order chi connectivity index (χ0) is 10.5. The molecule has 0 unspecified atom stereocenters. The fourth-order valence-electron chi connectivity index (χ4n) is 5.15. The summed E-state index contributed by atoms with van der Waals surface area (Å²) in [5, 5.41) is 9.51. The van der Waals surface area contributed by atoms with Crippen LogP contribution in [0.2, 0.25) is 0 Å². The molecule has 0 aromatic carbocycles. The van der Waals surface area contributed by atoms with Crippen molar-refractivity contribution in [3.63, 3.8) is 0 Å². The number of aliphatic hydroxyl groups is 1. The maximum Gasteiger partial charge on any atom is 0.0499 e. The smallest absolute Gasteiger partial charge is 0.0499 e. The summed E-state index contributed by atoms with van der Waals surface area (Å²) in [6.45, 7) is 4.24. The topological polar surface area (TPSA) is 20.2 Å². The Labute approximate surface area is 92.6 Å². The van der Waals surface area contributed by atoms with E-state index in [1.54, 1.807) is 0 Å². The molecule has 0 radical (unpaired) electrons. The monoisotopic (exact) mass is 206 g/mol. The predicted octanol–water partition coefficient (Wildman–Crippen LogP) is 3.00. The lowest BCUT2D eigenvalue weighted by Gasteiger charge is -2.59. The van der Waals surface area contributed by atoms with E-state index in [1.807, 2.05) is 6.08 Å². The minimum atomic E-state index is 0.315. The summed E-state index contributed by atoms with van der Waals surface area (Å²) in [5.74, 6) is 3.30. The van der Waals surface area contributed by atoms with Gasteiger partial charge in [0.25, 0.3) is 0 Å². The Kier molecular flexibility index (Phi) is 2.21. The zero-order valence-corrected chi connectivity index (χ0v) is 9.49. The predicted molar refractivity (Wildman–Crippen MR) is 61.4 cm³/mol. The third-order valence-corrected chi connectivity index (χ3v) is 5.35. The first kappa shape index (κ1) is 9.89. The van der Waals surface area contributed by atoms with E-state index in [2.05, 4.69) is 6.58 Å². The Balaban J connectivity index is 1.89. The summed E-state index contributed by atoms with van der Waals surface area (Å²) >= 11 is 0. The van der Waals surface area contributed by atoms with Gasteiger partial charge in [0.1, 0.15) is 0 Å². The number of aliphatic hydroxyl groups excluding tert-OH is 1. The molecule has 0 aliphatic heterocycles. The summed E-state index contributed by atoms with van der Waals surface area (Å²) in [6.07, 6.45) is 10.6. The van der Waals surface area contributed by atoms with Crippen LogP contribution in [-0.2, 0) is 0 Å². The molecule has 0 saturated heterocycles. The van der Waals surface area contributed by atoms with Crippen molar-refractivity contribution >= 4 is 0 Å². The highest BCUT2D eigenvalue weighted by molar-refractivity contribution is 5.07. The lowest BCUT2D eigenvalue weighted by atomic mass is 9.46. The van der Waals surface area contributed by atoms with Crippen LogP contribution < -0.4 is 0 Å². The van der Waals surface area contributed by atoms with Crippen molar-refractivity contribution in [3.05, 3.63) is 12.7 Å². The lowest BCUT2D eigenvalue weighted by Crippen LogP contribution is -2.49. The van der Waals surface area contributed by atoms with Crippen molar-refractivity contribution in [2.75, 3.05) is 6.61 Å². The molecule has 4 bridgehead atoms. The molecule has 15 heavy (non-hydrogen) atoms. The molecule has 0 aromatic heterocycles. The highest BCUT2D eigenvalue weighted by Crippen LogP contribution is 2.62. The van der Waals surface area contributed by atoms with Gasteiger partial charge in [-0.3, -0.25) is 0 Å². The van der Waals surface area contributed by atoms with E-state index in [4.69, 9.17) is 0 Å². The molecule has 1 heteroatoms. The van der Waals surface area contributed by atoms with Crippen molar-refractivity contribution in [2.24, 2.45) is 29.1 Å². The van der Waals surface area contributed by atoms with Crippen molar-refractivity contribution in [2.45, 2.75) is 38.5 Å². The normalized spacial score (nSPS) is 49.3. The average molecular weight is 206 g/mol. The molecule has 1 atom stereocenters. The van der Waals surface area contributed by atoms with Crippen LogP contribution in [0.15, 0.2) is 12.7 Å². The first-order valence-corrected chi connectivity index (χ1v) is 6.49. The van der Waals surface area contributed by atoms with Gasteiger partial charge < -0.3 is 5.11 Å². The second-order valence-corrected chi connectivity index (χ2v) is 6.30. The summed E-state index contributed by atoms with van der Waals surface area (Å²) in [6, 6.07) is 0. The van der Waals surface area contributed by atoms with Gasteiger partial charge in [0.2, 0.25) is 0 Å². The zero-order valence-electron chi connectivity index (χ0n) is 9.49. The van der Waals surface area contributed by atoms with Crippen LogP contribution in [-0.4, -0.2) is 11.7 Å². The van der Waals surface area contributed by atoms with Gasteiger partial charge in [-0.1, -0.05) is 6.08 Å². The molecule has 4 saturated carbocycles. The van der Waals surface area contributed by atoms with Crippen LogP contribution in [0.1, 0.15) is 38.5 Å². The fourth-order valence-corrected chi connectivity index (χ4v) is 5.15. The first-order chi connectivity index (χ1) is 7.25. The minimum absolute atomic E-state index is 0.315. The lowest BCUT2D eigenvalue weighted by molar-refractivity contribution is -0.0854. The third-order valence-electron chi connectivity index (χ3n) is 5.35. The molecule has 0 heterocycles. The van der Waals surface area contributed by atoms with Crippen LogP contribution in [0, 0.1) is 29.1 Å². The van der Waals surface area contributed by atoms with Crippen LogP contribution in [0.5, 0.6) is 0 Å². The van der Waals surface area contributed by atoms with Crippen LogP contribution >= 0.6 is 0 Å². The Morgan fingerprint density at radius 3 is 1.93 bits per heavy atom. The van der Waals surface area contributed by atoms with E-state index in [9.17, 15) is 5.11 Å². The molecule has 0 aromatic rings. The average Bonchev–Trinajstić information content (AvgIpc) is 2.16. The van der Waals surface area contributed by atoms with Crippen LogP contribution in [0.3, 0.4) is 0 Å². The van der Waals surface area contributed by atoms with Gasteiger partial charge in [-0.25, -0.2) is 0 Å². The number of rotatable bonds is 3. The Hall–Kier alpha value is -0.300. The molecule has 4 fully saturated rings. The van der Waals surface area contributed by atoms with Gasteiger partial charge >= 0.3 is 0 Å². The summed E-state index contributed by atoms with van der Waals surface area (Å²) in [5.41, 5.74) is 0.450. The van der Waals surface area contributed by atoms with E-state index in [1.165, 1.54) is 38.5 Å². The maximum absolute atomic E-state index is 9.51. The van der Waals surface area contributed by atoms with Gasteiger partial charge in [-0.05, 0) is 61.7 Å². The van der Waals surface area contributed by atoms with E-state index in [0.717, 1.165) is 17.8 Å². The first-order valence-electron chi connectivity index (χ1n) is 6.49. The molecule has 84 valence electrons. The largest absolute Gasteiger partial charge is 0.396 e. The summed E-state index contributed by atoms with van der Waals surface area (Å²) in [7, 11) is 0. The van der Waals surface area contributed by atoms with Gasteiger partial charge in [0.15, 0.2) is 0 Å². The van der Waals surface area contributed by atoms with E-state index >= 15 is 0 Å². The molecule has 4 rings (SSSR count). The molecule has 0 spiro atoms. The quantitative estimate of drug-likeness (QED) is 0.704. The Bertz CT molecular complexity index is 233. The van der Waals surface area contributed by atoms with Crippen molar-refractivity contribution < 1.29 is 5.11 Å². The fraction of sp³-hybridized carbons (Fsp3) is 0.857. The second kappa shape index (κ2) is 3.35. The van der Waals surface area contributed by atoms with Gasteiger partial charge in [-0.15, -0.1) is 6.58 Å². The molecular weight excluding hydrogens is 184 g/mol. The van der Waals surface area contributed by atoms with Crippen molar-refractivity contribution in [1.29, 1.82) is 0 Å². The summed E-state index contributed by atoms with van der Waals surface area (Å²) < 4.78 is 0. The van der Waals surface area contributed by atoms with Crippen LogP contribution in [0.25, 0.3) is 0 Å². The molecule has 4 aliphatic carbocycles. The second-order valence-electron chi connectivity index (χ2n) is 6.30. The van der Waals surface area contributed by atoms with Gasteiger partial charge in [-0.2, -0.15) is 0 Å². The van der Waals surface area contributed by atoms with E-state index < -0.39 is 0 Å². The SMILES string of the molecule is C=C[C@H](CO)C12CC3CC(CC(C3)C1)C2. The molecule has 1 N–H and O–H groups in total. The molecule has 0 amide bonds. The molecular formula is C14H22O. The third kappa shape index (κ3) is 1.39. The van der Waals surface area contributed by atoms with Crippen molar-refractivity contribution in [1.82, 2.24) is 0 Å². The Morgan fingerprint density at radius 1 is 1.13 bits per heavy atom. The Morgan fingerprint density at radius 2 is 1.60 bits per heavy atom. The summed E-state index contributed by atoms with van der Waals surface area (Å²) in [4.78, 5) is 0. The van der Waals surface area contributed by atoms with Crippen molar-refractivity contribution in [3.8, 4) is 0 Å². The van der Waals surface area contributed by atoms with Gasteiger partial charge in [0, 0.05) is 12.5 Å². The maximum atomic E-state index is 9.51.